The standard InChI is InChI=1S/C15H19FN2O/c1-15(2,3)17-9-13(19)12-8-7-10-5-4-6-11(16)14(10)18-12/h4-8,13,17,19H,9H2,1-3H3/t13-/m1/s1. The fourth-order valence-electron chi connectivity index (χ4n) is 1.82. The van der Waals surface area contributed by atoms with Gasteiger partial charge in [-0.1, -0.05) is 18.2 Å². The highest BCUT2D eigenvalue weighted by Gasteiger charge is 2.15. The summed E-state index contributed by atoms with van der Waals surface area (Å²) in [7, 11) is 0. The largest absolute Gasteiger partial charge is 0.385 e. The first kappa shape index (κ1) is 13.9. The molecule has 1 heterocycles. The van der Waals surface area contributed by atoms with E-state index in [4.69, 9.17) is 0 Å². The molecule has 0 radical (unpaired) electrons. The lowest BCUT2D eigenvalue weighted by molar-refractivity contribution is 0.159. The fourth-order valence-corrected chi connectivity index (χ4v) is 1.82. The molecule has 4 heteroatoms. The Morgan fingerprint density at radius 3 is 2.68 bits per heavy atom. The first-order chi connectivity index (χ1) is 8.87. The second kappa shape index (κ2) is 5.23. The summed E-state index contributed by atoms with van der Waals surface area (Å²) in [4.78, 5) is 4.21. The zero-order valence-corrected chi connectivity index (χ0v) is 11.4. The molecule has 2 rings (SSSR count). The molecule has 0 bridgehead atoms. The van der Waals surface area contributed by atoms with Crippen molar-refractivity contribution in [3.05, 3.63) is 41.8 Å². The van der Waals surface area contributed by atoms with Crippen molar-refractivity contribution in [1.82, 2.24) is 10.3 Å². The van der Waals surface area contributed by atoms with Gasteiger partial charge in [0.15, 0.2) is 0 Å². The zero-order chi connectivity index (χ0) is 14.0. The number of nitrogens with zero attached hydrogens (tertiary/aromatic N) is 1. The molecule has 0 saturated carbocycles. The second-order valence-electron chi connectivity index (χ2n) is 5.69. The number of nitrogens with one attached hydrogen (secondary N) is 1. The van der Waals surface area contributed by atoms with E-state index in [0.717, 1.165) is 5.39 Å². The van der Waals surface area contributed by atoms with E-state index >= 15 is 0 Å². The lowest BCUT2D eigenvalue weighted by Crippen LogP contribution is -2.38. The molecule has 0 unspecified atom stereocenters. The minimum atomic E-state index is -0.747. The molecule has 3 nitrogen and oxygen atoms in total. The average molecular weight is 262 g/mol. The van der Waals surface area contributed by atoms with Crippen LogP contribution >= 0.6 is 0 Å². The molecule has 2 N–H and O–H groups in total. The maximum atomic E-state index is 13.6. The lowest BCUT2D eigenvalue weighted by atomic mass is 10.1. The fraction of sp³-hybridized carbons (Fsp3) is 0.400. The van der Waals surface area contributed by atoms with Crippen LogP contribution in [-0.2, 0) is 0 Å². The van der Waals surface area contributed by atoms with Crippen LogP contribution in [0.15, 0.2) is 30.3 Å². The van der Waals surface area contributed by atoms with Gasteiger partial charge in [0.2, 0.25) is 0 Å². The van der Waals surface area contributed by atoms with Crippen LogP contribution in [0.4, 0.5) is 4.39 Å². The number of hydrogen-bond acceptors (Lipinski definition) is 3. The van der Waals surface area contributed by atoms with Crippen LogP contribution in [0.25, 0.3) is 10.9 Å². The molecule has 0 saturated heterocycles. The summed E-state index contributed by atoms with van der Waals surface area (Å²) in [5.41, 5.74) is 0.701. The van der Waals surface area contributed by atoms with Gasteiger partial charge in [0.1, 0.15) is 17.4 Å². The molecule has 0 amide bonds. The molecule has 102 valence electrons. The third kappa shape index (κ3) is 3.49. The Hall–Kier alpha value is -1.52. The third-order valence-corrected chi connectivity index (χ3v) is 2.86. The van der Waals surface area contributed by atoms with Crippen molar-refractivity contribution >= 4 is 10.9 Å². The number of fused-ring (bicyclic) bond motifs is 1. The van der Waals surface area contributed by atoms with Crippen LogP contribution in [0.2, 0.25) is 0 Å². The summed E-state index contributed by atoms with van der Waals surface area (Å²) in [5, 5.41) is 14.0. The van der Waals surface area contributed by atoms with E-state index in [1.54, 1.807) is 24.3 Å². The van der Waals surface area contributed by atoms with Gasteiger partial charge in [0.05, 0.1) is 5.69 Å². The predicted octanol–water partition coefficient (Wildman–Crippen LogP) is 2.80. The minimum absolute atomic E-state index is 0.0803. The van der Waals surface area contributed by atoms with E-state index in [1.165, 1.54) is 6.07 Å². The maximum absolute atomic E-state index is 13.6. The average Bonchev–Trinajstić information content (AvgIpc) is 2.35. The van der Waals surface area contributed by atoms with Crippen molar-refractivity contribution in [3.63, 3.8) is 0 Å². The van der Waals surface area contributed by atoms with Gasteiger partial charge in [-0.2, -0.15) is 0 Å². The Labute approximate surface area is 112 Å². The molecule has 1 aromatic heterocycles. The van der Waals surface area contributed by atoms with Crippen LogP contribution in [0.3, 0.4) is 0 Å². The van der Waals surface area contributed by atoms with Crippen molar-refractivity contribution in [2.24, 2.45) is 0 Å². The number of aliphatic hydroxyl groups is 1. The summed E-state index contributed by atoms with van der Waals surface area (Å²) in [6.45, 7) is 6.45. The minimum Gasteiger partial charge on any atom is -0.385 e. The van der Waals surface area contributed by atoms with E-state index in [1.807, 2.05) is 20.8 Å². The monoisotopic (exact) mass is 262 g/mol. The molecular weight excluding hydrogens is 243 g/mol. The number of aliphatic hydroxyl groups excluding tert-OH is 1. The maximum Gasteiger partial charge on any atom is 0.149 e. The predicted molar refractivity (Wildman–Crippen MR) is 74.4 cm³/mol. The normalized spacial score (nSPS) is 13.7. The Balaban J connectivity index is 2.23. The second-order valence-corrected chi connectivity index (χ2v) is 5.69. The number of benzene rings is 1. The number of para-hydroxylation sites is 1. The number of aromatic nitrogens is 1. The SMILES string of the molecule is CC(C)(C)NC[C@@H](O)c1ccc2cccc(F)c2n1. The quantitative estimate of drug-likeness (QED) is 0.894. The summed E-state index contributed by atoms with van der Waals surface area (Å²) in [5.74, 6) is -0.365. The first-order valence-electron chi connectivity index (χ1n) is 6.35. The van der Waals surface area contributed by atoms with E-state index < -0.39 is 6.10 Å². The Morgan fingerprint density at radius 2 is 2.00 bits per heavy atom. The van der Waals surface area contributed by atoms with E-state index in [0.29, 0.717) is 17.8 Å². The molecule has 0 spiro atoms. The Morgan fingerprint density at radius 1 is 1.26 bits per heavy atom. The number of halogens is 1. The topological polar surface area (TPSA) is 45.1 Å². The van der Waals surface area contributed by atoms with Crippen LogP contribution < -0.4 is 5.32 Å². The van der Waals surface area contributed by atoms with Gasteiger partial charge in [-0.3, -0.25) is 0 Å². The van der Waals surface area contributed by atoms with Crippen molar-refractivity contribution in [2.45, 2.75) is 32.4 Å². The van der Waals surface area contributed by atoms with Gasteiger partial charge in [0.25, 0.3) is 0 Å². The summed E-state index contributed by atoms with van der Waals surface area (Å²) in [6.07, 6.45) is -0.747. The smallest absolute Gasteiger partial charge is 0.149 e. The molecule has 1 aromatic carbocycles. The van der Waals surface area contributed by atoms with Gasteiger partial charge >= 0.3 is 0 Å². The molecule has 0 fully saturated rings. The highest BCUT2D eigenvalue weighted by molar-refractivity contribution is 5.79. The van der Waals surface area contributed by atoms with Gasteiger partial charge < -0.3 is 10.4 Å². The molecule has 0 aliphatic heterocycles. The van der Waals surface area contributed by atoms with Crippen molar-refractivity contribution in [2.75, 3.05) is 6.54 Å². The van der Waals surface area contributed by atoms with Crippen molar-refractivity contribution in [1.29, 1.82) is 0 Å². The number of β-amino-alcohol motifs (C(OH)–C–C–N with tert-alkyl or cyclic N) is 1. The summed E-state index contributed by atoms with van der Waals surface area (Å²) < 4.78 is 13.6. The van der Waals surface area contributed by atoms with Gasteiger partial charge in [0, 0.05) is 17.5 Å². The molecule has 0 aliphatic rings. The highest BCUT2D eigenvalue weighted by Crippen LogP contribution is 2.19. The zero-order valence-electron chi connectivity index (χ0n) is 11.4. The van der Waals surface area contributed by atoms with E-state index in [2.05, 4.69) is 10.3 Å². The van der Waals surface area contributed by atoms with Gasteiger partial charge in [-0.25, -0.2) is 9.37 Å². The van der Waals surface area contributed by atoms with Crippen molar-refractivity contribution < 1.29 is 9.50 Å². The molecule has 0 aliphatic carbocycles. The molecular formula is C15H19FN2O. The van der Waals surface area contributed by atoms with Crippen molar-refractivity contribution in [3.8, 4) is 0 Å². The van der Waals surface area contributed by atoms with E-state index in [-0.39, 0.29) is 11.4 Å². The Bertz CT molecular complexity index is 578. The third-order valence-electron chi connectivity index (χ3n) is 2.86. The van der Waals surface area contributed by atoms with Gasteiger partial charge in [-0.05, 0) is 32.9 Å². The number of rotatable bonds is 3. The van der Waals surface area contributed by atoms with Crippen LogP contribution in [0.5, 0.6) is 0 Å². The molecule has 2 aromatic rings. The number of hydrogen-bond donors (Lipinski definition) is 2. The lowest BCUT2D eigenvalue weighted by Gasteiger charge is -2.22. The van der Waals surface area contributed by atoms with Crippen LogP contribution in [-0.4, -0.2) is 22.2 Å². The Kier molecular flexibility index (Phi) is 3.83. The summed E-state index contributed by atoms with van der Waals surface area (Å²) in [6, 6.07) is 8.34. The molecule has 19 heavy (non-hydrogen) atoms. The number of pyridine rings is 1. The van der Waals surface area contributed by atoms with E-state index in [9.17, 15) is 9.50 Å². The summed E-state index contributed by atoms with van der Waals surface area (Å²) >= 11 is 0. The van der Waals surface area contributed by atoms with Gasteiger partial charge in [-0.15, -0.1) is 0 Å². The first-order valence-corrected chi connectivity index (χ1v) is 6.35. The highest BCUT2D eigenvalue weighted by atomic mass is 19.1. The van der Waals surface area contributed by atoms with Crippen LogP contribution in [0.1, 0.15) is 32.6 Å². The van der Waals surface area contributed by atoms with Crippen LogP contribution in [0, 0.1) is 5.82 Å². The molecule has 1 atom stereocenters.